The zero-order chi connectivity index (χ0) is 22.2. The van der Waals surface area contributed by atoms with Gasteiger partial charge in [0, 0.05) is 12.1 Å². The second kappa shape index (κ2) is 10.1. The first-order valence-corrected chi connectivity index (χ1v) is 9.31. The summed E-state index contributed by atoms with van der Waals surface area (Å²) in [5, 5.41) is 24.2. The van der Waals surface area contributed by atoms with Crippen molar-refractivity contribution < 1.29 is 32.4 Å². The highest BCUT2D eigenvalue weighted by atomic mass is 32.2. The van der Waals surface area contributed by atoms with Crippen molar-refractivity contribution in [3.05, 3.63) is 52.7 Å². The Balaban J connectivity index is 0.000000326. The first kappa shape index (κ1) is 23.5. The molecule has 29 heavy (non-hydrogen) atoms. The van der Waals surface area contributed by atoms with Crippen molar-refractivity contribution in [1.82, 2.24) is 0 Å². The highest BCUT2D eigenvalue weighted by Crippen LogP contribution is 2.31. The molecule has 0 spiro atoms. The van der Waals surface area contributed by atoms with Crippen LogP contribution in [0.2, 0.25) is 0 Å². The van der Waals surface area contributed by atoms with E-state index in [1.54, 1.807) is 12.1 Å². The van der Waals surface area contributed by atoms with E-state index in [0.717, 1.165) is 11.8 Å². The van der Waals surface area contributed by atoms with Crippen LogP contribution < -0.4 is 20.9 Å². The van der Waals surface area contributed by atoms with Crippen molar-refractivity contribution in [1.29, 1.82) is 0 Å². The van der Waals surface area contributed by atoms with Crippen LogP contribution in [0.3, 0.4) is 0 Å². The van der Waals surface area contributed by atoms with E-state index < -0.39 is 16.1 Å². The normalized spacial score (nSPS) is 10.8. The topological polar surface area (TPSA) is 184 Å². The van der Waals surface area contributed by atoms with E-state index in [1.165, 1.54) is 38.5 Å². The van der Waals surface area contributed by atoms with Gasteiger partial charge in [-0.25, -0.2) is 0 Å². The van der Waals surface area contributed by atoms with E-state index in [4.69, 9.17) is 25.5 Å². The first-order chi connectivity index (χ1) is 13.5. The van der Waals surface area contributed by atoms with Gasteiger partial charge >= 0.3 is 5.96 Å². The van der Waals surface area contributed by atoms with Crippen molar-refractivity contribution in [2.75, 3.05) is 14.2 Å². The summed E-state index contributed by atoms with van der Waals surface area (Å²) in [6.45, 7) is 1.84. The maximum atomic E-state index is 11.0. The van der Waals surface area contributed by atoms with Crippen LogP contribution in [0.5, 0.6) is 17.2 Å². The number of hydrazone groups is 1. The minimum atomic E-state index is -4.02. The molecule has 0 aliphatic carbocycles. The zero-order valence-corrected chi connectivity index (χ0v) is 16.8. The summed E-state index contributed by atoms with van der Waals surface area (Å²) in [5.41, 5.74) is 11.2. The maximum absolute atomic E-state index is 11.0. The SMILES string of the molecule is COc1cc(O)c(/C=N/[N+]([O-])=C(N)N)c(OC)c1.Cc1ccc(S(=O)(=O)O)cc1. The lowest BCUT2D eigenvalue weighted by Crippen LogP contribution is -2.30. The van der Waals surface area contributed by atoms with Crippen LogP contribution >= 0.6 is 0 Å². The Morgan fingerprint density at radius 2 is 1.76 bits per heavy atom. The van der Waals surface area contributed by atoms with Crippen molar-refractivity contribution >= 4 is 22.3 Å². The second-order valence-electron chi connectivity index (χ2n) is 5.49. The lowest BCUT2D eigenvalue weighted by Gasteiger charge is -2.09. The quantitative estimate of drug-likeness (QED) is 0.134. The number of benzene rings is 2. The van der Waals surface area contributed by atoms with Gasteiger partial charge < -0.3 is 19.8 Å². The van der Waals surface area contributed by atoms with Gasteiger partial charge in [-0.05, 0) is 19.1 Å². The summed E-state index contributed by atoms with van der Waals surface area (Å²) in [5.74, 6) is 0.0298. The van der Waals surface area contributed by atoms with Gasteiger partial charge in [-0.15, -0.1) is 9.95 Å². The number of aryl methyl sites for hydroxylation is 1. The van der Waals surface area contributed by atoms with Gasteiger partial charge in [-0.2, -0.15) is 8.42 Å². The molecule has 12 heteroatoms. The number of guanidine groups is 1. The maximum Gasteiger partial charge on any atom is 0.366 e. The third kappa shape index (κ3) is 7.20. The zero-order valence-electron chi connectivity index (χ0n) is 15.9. The Morgan fingerprint density at radius 1 is 1.17 bits per heavy atom. The molecule has 0 saturated heterocycles. The van der Waals surface area contributed by atoms with Crippen molar-refractivity contribution in [2.45, 2.75) is 11.8 Å². The number of rotatable bonds is 5. The van der Waals surface area contributed by atoms with Crippen LogP contribution in [0.15, 0.2) is 46.4 Å². The molecule has 11 nitrogen and oxygen atoms in total. The van der Waals surface area contributed by atoms with E-state index in [-0.39, 0.29) is 21.1 Å². The van der Waals surface area contributed by atoms with Crippen molar-refractivity contribution in [2.24, 2.45) is 16.6 Å². The Kier molecular flexibility index (Phi) is 8.23. The molecule has 0 atom stereocenters. The van der Waals surface area contributed by atoms with Crippen LogP contribution in [0, 0.1) is 12.1 Å². The molecule has 0 unspecified atom stereocenters. The van der Waals surface area contributed by atoms with E-state index >= 15 is 0 Å². The highest BCUT2D eigenvalue weighted by molar-refractivity contribution is 7.85. The number of hydrogen-bond donors (Lipinski definition) is 4. The largest absolute Gasteiger partial charge is 0.722 e. The number of hydrogen-bond acceptors (Lipinski definition) is 7. The molecule has 2 aromatic carbocycles. The Bertz CT molecular complexity index is 999. The van der Waals surface area contributed by atoms with Crippen LogP contribution in [-0.2, 0) is 10.1 Å². The Hall–Kier alpha value is -3.51. The molecule has 6 N–H and O–H groups in total. The van der Waals surface area contributed by atoms with Crippen LogP contribution in [0.25, 0.3) is 0 Å². The molecule has 0 fully saturated rings. The highest BCUT2D eigenvalue weighted by Gasteiger charge is 2.10. The second-order valence-corrected chi connectivity index (χ2v) is 6.91. The van der Waals surface area contributed by atoms with Gasteiger partial charge in [0.2, 0.25) is 0 Å². The average Bonchev–Trinajstić information content (AvgIpc) is 2.66. The number of aromatic hydroxyl groups is 1. The number of phenols is 1. The number of phenolic OH excluding ortho intramolecular Hbond substituents is 1. The molecule has 0 aromatic heterocycles. The van der Waals surface area contributed by atoms with Crippen LogP contribution in [0.1, 0.15) is 11.1 Å². The van der Waals surface area contributed by atoms with E-state index in [0.29, 0.717) is 11.5 Å². The van der Waals surface area contributed by atoms with Crippen LogP contribution in [-0.4, -0.2) is 49.3 Å². The standard InChI is InChI=1S/C10H14N4O4.C7H8O3S/c1-17-6-3-8(15)7(9(4-6)18-2)5-13-14(16)10(11)12;1-6-2-4-7(5-3-6)11(8,9)10/h3-5,15H,11-12H2,1-2H3;2-5H,1H3,(H,8,9,10)/b13-5+;. The number of methoxy groups -OCH3 is 2. The molecule has 2 rings (SSSR count). The van der Waals surface area contributed by atoms with E-state index in [1.807, 2.05) is 6.92 Å². The molecule has 0 bridgehead atoms. The molecule has 158 valence electrons. The van der Waals surface area contributed by atoms with Gasteiger partial charge in [0.1, 0.15) is 17.2 Å². The third-order valence-corrected chi connectivity index (χ3v) is 4.25. The van der Waals surface area contributed by atoms with E-state index in [2.05, 4.69) is 5.10 Å². The minimum absolute atomic E-state index is 0.0170. The fraction of sp³-hybridized carbons (Fsp3) is 0.176. The molecule has 0 aliphatic heterocycles. The van der Waals surface area contributed by atoms with Gasteiger partial charge in [0.15, 0.2) is 0 Å². The molecule has 0 radical (unpaired) electrons. The Labute approximate surface area is 167 Å². The lowest BCUT2D eigenvalue weighted by atomic mass is 10.2. The van der Waals surface area contributed by atoms with Gasteiger partial charge in [-0.3, -0.25) is 16.0 Å². The molecular formula is C17H22N4O7S. The molecule has 0 aliphatic rings. The Morgan fingerprint density at radius 3 is 2.21 bits per heavy atom. The molecular weight excluding hydrogens is 404 g/mol. The smallest absolute Gasteiger partial charge is 0.366 e. The van der Waals surface area contributed by atoms with Crippen molar-refractivity contribution in [3.8, 4) is 17.2 Å². The summed E-state index contributed by atoms with van der Waals surface area (Å²) >= 11 is 0. The third-order valence-electron chi connectivity index (χ3n) is 3.38. The summed E-state index contributed by atoms with van der Waals surface area (Å²) in [4.78, 5) is -0.0496. The predicted octanol–water partition coefficient (Wildman–Crippen LogP) is 0.769. The molecule has 0 saturated carbocycles. The van der Waals surface area contributed by atoms with Gasteiger partial charge in [0.05, 0.1) is 30.9 Å². The fourth-order valence-corrected chi connectivity index (χ4v) is 2.37. The average molecular weight is 426 g/mol. The predicted molar refractivity (Wildman–Crippen MR) is 107 cm³/mol. The van der Waals surface area contributed by atoms with E-state index in [9.17, 15) is 18.7 Å². The number of ether oxygens (including phenoxy) is 2. The number of nitrogens with two attached hydrogens (primary N) is 2. The molecule has 0 amide bonds. The van der Waals surface area contributed by atoms with Gasteiger partial charge in [-0.1, -0.05) is 17.7 Å². The fourth-order valence-electron chi connectivity index (χ4n) is 1.89. The monoisotopic (exact) mass is 426 g/mol. The summed E-state index contributed by atoms with van der Waals surface area (Å²) < 4.78 is 39.5. The van der Waals surface area contributed by atoms with Gasteiger partial charge in [0.25, 0.3) is 10.1 Å². The summed E-state index contributed by atoms with van der Waals surface area (Å²) in [6, 6.07) is 8.88. The minimum Gasteiger partial charge on any atom is -0.722 e. The lowest BCUT2D eigenvalue weighted by molar-refractivity contribution is -0.463. The molecule has 2 aromatic rings. The van der Waals surface area contributed by atoms with Crippen molar-refractivity contribution in [3.63, 3.8) is 0 Å². The molecule has 0 heterocycles. The summed E-state index contributed by atoms with van der Waals surface area (Å²) in [6.07, 6.45) is 1.08. The number of nitrogens with zero attached hydrogens (tertiary/aromatic N) is 2. The van der Waals surface area contributed by atoms with Crippen LogP contribution in [0.4, 0.5) is 0 Å². The summed E-state index contributed by atoms with van der Waals surface area (Å²) in [7, 11) is -1.16. The first-order valence-electron chi connectivity index (χ1n) is 7.87.